The van der Waals surface area contributed by atoms with E-state index < -0.39 is 0 Å². The molecule has 0 fully saturated rings. The SMILES string of the molecule is COc1cc(CCC(=O)C=CCCc2ccc(O)c(O)c2)ccc1O. The van der Waals surface area contributed by atoms with E-state index in [1.54, 1.807) is 30.3 Å². The van der Waals surface area contributed by atoms with Gasteiger partial charge in [-0.1, -0.05) is 18.2 Å². The highest BCUT2D eigenvalue weighted by molar-refractivity contribution is 5.89. The molecule has 0 saturated carbocycles. The largest absolute Gasteiger partial charge is 0.504 e. The highest BCUT2D eigenvalue weighted by atomic mass is 16.5. The summed E-state index contributed by atoms with van der Waals surface area (Å²) in [5, 5.41) is 28.2. The summed E-state index contributed by atoms with van der Waals surface area (Å²) in [4.78, 5) is 11.9. The third kappa shape index (κ3) is 5.57. The zero-order chi connectivity index (χ0) is 18.2. The van der Waals surface area contributed by atoms with Gasteiger partial charge in [0, 0.05) is 6.42 Å². The van der Waals surface area contributed by atoms with Crippen molar-refractivity contribution in [2.24, 2.45) is 0 Å². The normalized spacial score (nSPS) is 10.9. The van der Waals surface area contributed by atoms with Crippen LogP contribution in [-0.4, -0.2) is 28.2 Å². The second kappa shape index (κ2) is 8.78. The third-order valence-electron chi connectivity index (χ3n) is 3.85. The average Bonchev–Trinajstić information content (AvgIpc) is 2.61. The average molecular weight is 342 g/mol. The first-order chi connectivity index (χ1) is 12.0. The molecule has 5 nitrogen and oxygen atoms in total. The zero-order valence-electron chi connectivity index (χ0n) is 14.1. The van der Waals surface area contributed by atoms with Crippen molar-refractivity contribution in [2.75, 3.05) is 7.11 Å². The summed E-state index contributed by atoms with van der Waals surface area (Å²) in [5.41, 5.74) is 1.82. The molecule has 0 aliphatic carbocycles. The van der Waals surface area contributed by atoms with Gasteiger partial charge in [-0.2, -0.15) is 0 Å². The Bertz CT molecular complexity index is 765. The smallest absolute Gasteiger partial charge is 0.160 e. The van der Waals surface area contributed by atoms with Crippen LogP contribution >= 0.6 is 0 Å². The Morgan fingerprint density at radius 1 is 0.960 bits per heavy atom. The molecule has 0 aromatic heterocycles. The van der Waals surface area contributed by atoms with Gasteiger partial charge in [-0.15, -0.1) is 0 Å². The highest BCUT2D eigenvalue weighted by Gasteiger charge is 2.04. The second-order valence-corrected chi connectivity index (χ2v) is 5.74. The lowest BCUT2D eigenvalue weighted by atomic mass is 10.1. The van der Waals surface area contributed by atoms with Gasteiger partial charge in [-0.05, 0) is 60.7 Å². The molecule has 0 spiro atoms. The van der Waals surface area contributed by atoms with Crippen LogP contribution in [0.25, 0.3) is 0 Å². The Morgan fingerprint density at radius 2 is 1.64 bits per heavy atom. The van der Waals surface area contributed by atoms with E-state index in [0.29, 0.717) is 31.4 Å². The molecule has 0 bridgehead atoms. The van der Waals surface area contributed by atoms with Gasteiger partial charge in [-0.25, -0.2) is 0 Å². The van der Waals surface area contributed by atoms with Gasteiger partial charge in [0.25, 0.3) is 0 Å². The molecule has 0 atom stereocenters. The summed E-state index contributed by atoms with van der Waals surface area (Å²) in [6.45, 7) is 0. The van der Waals surface area contributed by atoms with Gasteiger partial charge >= 0.3 is 0 Å². The van der Waals surface area contributed by atoms with Crippen molar-refractivity contribution < 1.29 is 24.9 Å². The molecule has 0 saturated heterocycles. The molecular formula is C20H22O5. The van der Waals surface area contributed by atoms with E-state index in [9.17, 15) is 20.1 Å². The predicted molar refractivity (Wildman–Crippen MR) is 95.2 cm³/mol. The van der Waals surface area contributed by atoms with E-state index in [1.807, 2.05) is 6.08 Å². The molecule has 3 N–H and O–H groups in total. The van der Waals surface area contributed by atoms with E-state index >= 15 is 0 Å². The van der Waals surface area contributed by atoms with Gasteiger partial charge in [-0.3, -0.25) is 4.79 Å². The van der Waals surface area contributed by atoms with Crippen LogP contribution in [-0.2, 0) is 17.6 Å². The Labute approximate surface area is 146 Å². The van der Waals surface area contributed by atoms with E-state index in [-0.39, 0.29) is 23.0 Å². The number of aromatic hydroxyl groups is 3. The first-order valence-corrected chi connectivity index (χ1v) is 8.05. The van der Waals surface area contributed by atoms with Crippen molar-refractivity contribution in [1.29, 1.82) is 0 Å². The van der Waals surface area contributed by atoms with Crippen LogP contribution in [0.4, 0.5) is 0 Å². The van der Waals surface area contributed by atoms with E-state index in [0.717, 1.165) is 11.1 Å². The van der Waals surface area contributed by atoms with Crippen molar-refractivity contribution in [2.45, 2.75) is 25.7 Å². The minimum atomic E-state index is -0.139. The number of ether oxygens (including phenoxy) is 1. The van der Waals surface area contributed by atoms with Crippen LogP contribution in [0.1, 0.15) is 24.0 Å². The van der Waals surface area contributed by atoms with E-state index in [2.05, 4.69) is 0 Å². The second-order valence-electron chi connectivity index (χ2n) is 5.74. The number of carbonyl (C=O) groups excluding carboxylic acids is 1. The lowest BCUT2D eigenvalue weighted by molar-refractivity contribution is -0.114. The number of carbonyl (C=O) groups is 1. The number of hydrogen-bond acceptors (Lipinski definition) is 5. The predicted octanol–water partition coefficient (Wildman–Crippen LogP) is 3.50. The standard InChI is InChI=1S/C20H22O5/c1-25-20-13-15(8-11-18(20)23)6-9-16(21)5-3-2-4-14-7-10-17(22)19(24)12-14/h3,5,7-8,10-13,22-24H,2,4,6,9H2,1H3. The molecular weight excluding hydrogens is 320 g/mol. The Kier molecular flexibility index (Phi) is 6.46. The third-order valence-corrected chi connectivity index (χ3v) is 3.85. The fraction of sp³-hybridized carbons (Fsp3) is 0.250. The summed E-state index contributed by atoms with van der Waals surface area (Å²) in [6.07, 6.45) is 5.67. The summed E-state index contributed by atoms with van der Waals surface area (Å²) < 4.78 is 5.05. The topological polar surface area (TPSA) is 87.0 Å². The van der Waals surface area contributed by atoms with Gasteiger partial charge in [0.15, 0.2) is 28.8 Å². The molecule has 0 heterocycles. The lowest BCUT2D eigenvalue weighted by Gasteiger charge is -2.05. The quantitative estimate of drug-likeness (QED) is 0.505. The monoisotopic (exact) mass is 342 g/mol. The van der Waals surface area contributed by atoms with E-state index in [4.69, 9.17) is 4.74 Å². The van der Waals surface area contributed by atoms with Crippen molar-refractivity contribution in [3.63, 3.8) is 0 Å². The Hall–Kier alpha value is -2.95. The first kappa shape index (κ1) is 18.4. The highest BCUT2D eigenvalue weighted by Crippen LogP contribution is 2.27. The maximum Gasteiger partial charge on any atom is 0.160 e. The Balaban J connectivity index is 1.77. The Morgan fingerprint density at radius 3 is 2.32 bits per heavy atom. The van der Waals surface area contributed by atoms with Crippen LogP contribution in [0.15, 0.2) is 48.6 Å². The van der Waals surface area contributed by atoms with Crippen molar-refractivity contribution in [1.82, 2.24) is 0 Å². The number of phenols is 3. The van der Waals surface area contributed by atoms with Crippen LogP contribution in [0.3, 0.4) is 0 Å². The summed E-state index contributed by atoms with van der Waals surface area (Å²) in [5.74, 6) is 0.234. The molecule has 0 amide bonds. The van der Waals surface area contributed by atoms with Crippen molar-refractivity contribution >= 4 is 5.78 Å². The summed E-state index contributed by atoms with van der Waals surface area (Å²) in [7, 11) is 1.49. The molecule has 2 aromatic rings. The molecule has 5 heteroatoms. The minimum Gasteiger partial charge on any atom is -0.504 e. The van der Waals surface area contributed by atoms with Crippen LogP contribution in [0.5, 0.6) is 23.0 Å². The van der Waals surface area contributed by atoms with Gasteiger partial charge in [0.2, 0.25) is 0 Å². The number of phenolic OH excluding ortho intramolecular Hbond substituents is 3. The number of rotatable bonds is 8. The van der Waals surface area contributed by atoms with Gasteiger partial charge in [0.1, 0.15) is 0 Å². The molecule has 0 aliphatic heterocycles. The molecule has 25 heavy (non-hydrogen) atoms. The van der Waals surface area contributed by atoms with Gasteiger partial charge in [0.05, 0.1) is 7.11 Å². The first-order valence-electron chi connectivity index (χ1n) is 8.05. The van der Waals surface area contributed by atoms with Crippen molar-refractivity contribution in [3.05, 3.63) is 59.7 Å². The minimum absolute atomic E-state index is 0.0283. The van der Waals surface area contributed by atoms with E-state index in [1.165, 1.54) is 19.2 Å². The van der Waals surface area contributed by atoms with Crippen LogP contribution in [0, 0.1) is 0 Å². The molecule has 132 valence electrons. The number of allylic oxidation sites excluding steroid dienone is 2. The molecule has 0 aliphatic rings. The molecule has 2 rings (SSSR count). The molecule has 0 unspecified atom stereocenters. The number of aryl methyl sites for hydroxylation is 2. The van der Waals surface area contributed by atoms with Crippen LogP contribution < -0.4 is 4.74 Å². The number of methoxy groups -OCH3 is 1. The number of ketones is 1. The number of hydrogen-bond donors (Lipinski definition) is 3. The van der Waals surface area contributed by atoms with Gasteiger partial charge < -0.3 is 20.1 Å². The molecule has 2 aromatic carbocycles. The summed E-state index contributed by atoms with van der Waals surface area (Å²) in [6, 6.07) is 9.76. The maximum absolute atomic E-state index is 11.9. The molecule has 0 radical (unpaired) electrons. The van der Waals surface area contributed by atoms with Crippen molar-refractivity contribution in [3.8, 4) is 23.0 Å². The maximum atomic E-state index is 11.9. The zero-order valence-corrected chi connectivity index (χ0v) is 14.1. The lowest BCUT2D eigenvalue weighted by Crippen LogP contribution is -1.97. The fourth-order valence-electron chi connectivity index (χ4n) is 2.42. The fourth-order valence-corrected chi connectivity index (χ4v) is 2.42. The van der Waals surface area contributed by atoms with Crippen LogP contribution in [0.2, 0.25) is 0 Å². The number of benzene rings is 2. The summed E-state index contributed by atoms with van der Waals surface area (Å²) >= 11 is 0.